The summed E-state index contributed by atoms with van der Waals surface area (Å²) < 4.78 is 5.11. The molecule has 0 heterocycles. The summed E-state index contributed by atoms with van der Waals surface area (Å²) in [4.78, 5) is 23.2. The molecule has 0 spiro atoms. The lowest BCUT2D eigenvalue weighted by Gasteiger charge is -2.05. The molecule has 0 unspecified atom stereocenters. The maximum Gasteiger partial charge on any atom is 0.275 e. The summed E-state index contributed by atoms with van der Waals surface area (Å²) in [7, 11) is 1.49. The topological polar surface area (TPSA) is 100 Å². The van der Waals surface area contributed by atoms with E-state index in [1.54, 1.807) is 41.9 Å². The Bertz CT molecular complexity index is 726. The molecule has 2 rings (SSSR count). The van der Waals surface area contributed by atoms with Crippen molar-refractivity contribution in [3.63, 3.8) is 0 Å². The highest BCUT2D eigenvalue weighted by atomic mass is 16.5. The lowest BCUT2D eigenvalue weighted by Crippen LogP contribution is -2.19. The number of nitrogens with zero attached hydrogens (tertiary/aromatic N) is 1. The largest absolute Gasteiger partial charge is 0.496 e. The molecule has 0 atom stereocenters. The summed E-state index contributed by atoms with van der Waals surface area (Å²) in [6, 6.07) is 13.1. The van der Waals surface area contributed by atoms with Gasteiger partial charge in [-0.2, -0.15) is 5.10 Å². The third kappa shape index (κ3) is 4.14. The van der Waals surface area contributed by atoms with E-state index < -0.39 is 11.8 Å². The van der Waals surface area contributed by atoms with Crippen LogP contribution >= 0.6 is 0 Å². The third-order valence-electron chi connectivity index (χ3n) is 3.01. The molecule has 0 fully saturated rings. The van der Waals surface area contributed by atoms with Crippen LogP contribution in [0.5, 0.6) is 5.75 Å². The standard InChI is InChI=1S/C16H15N3O4/c1-23-14-5-3-2-4-13(14)16(21)18-17-10-11-6-8-12(9-7-11)15(20)19-22/h2-10,22H,1H3,(H,18,21)(H,19,20). The number of benzene rings is 2. The first-order valence-corrected chi connectivity index (χ1v) is 6.66. The Labute approximate surface area is 132 Å². The summed E-state index contributed by atoms with van der Waals surface area (Å²) in [6.07, 6.45) is 1.44. The van der Waals surface area contributed by atoms with Crippen molar-refractivity contribution in [1.82, 2.24) is 10.9 Å². The number of ether oxygens (including phenoxy) is 1. The number of amides is 2. The van der Waals surface area contributed by atoms with Gasteiger partial charge in [-0.1, -0.05) is 24.3 Å². The molecule has 7 heteroatoms. The molecular weight excluding hydrogens is 298 g/mol. The molecule has 118 valence electrons. The smallest absolute Gasteiger partial charge is 0.275 e. The van der Waals surface area contributed by atoms with E-state index in [2.05, 4.69) is 10.5 Å². The van der Waals surface area contributed by atoms with Gasteiger partial charge in [-0.3, -0.25) is 14.8 Å². The van der Waals surface area contributed by atoms with Crippen molar-refractivity contribution in [3.8, 4) is 5.75 Å². The second kappa shape index (κ2) is 7.71. The fourth-order valence-electron chi connectivity index (χ4n) is 1.84. The summed E-state index contributed by atoms with van der Waals surface area (Å²) in [5.74, 6) is -0.535. The summed E-state index contributed by atoms with van der Waals surface area (Å²) in [5, 5.41) is 12.4. The maximum absolute atomic E-state index is 12.0. The second-order valence-corrected chi connectivity index (χ2v) is 4.46. The lowest BCUT2D eigenvalue weighted by atomic mass is 10.1. The zero-order valence-electron chi connectivity index (χ0n) is 12.3. The van der Waals surface area contributed by atoms with Crippen molar-refractivity contribution in [2.24, 2.45) is 5.10 Å². The molecule has 3 N–H and O–H groups in total. The Kier molecular flexibility index (Phi) is 5.43. The number of hydrogen-bond donors (Lipinski definition) is 3. The molecule has 23 heavy (non-hydrogen) atoms. The van der Waals surface area contributed by atoms with Crippen LogP contribution in [-0.2, 0) is 0 Å². The Hall–Kier alpha value is -3.19. The van der Waals surface area contributed by atoms with Crippen LogP contribution in [0, 0.1) is 0 Å². The highest BCUT2D eigenvalue weighted by Gasteiger charge is 2.10. The molecule has 7 nitrogen and oxygen atoms in total. The van der Waals surface area contributed by atoms with E-state index >= 15 is 0 Å². The van der Waals surface area contributed by atoms with Gasteiger partial charge in [0.05, 0.1) is 18.9 Å². The maximum atomic E-state index is 12.0. The second-order valence-electron chi connectivity index (χ2n) is 4.46. The number of carbonyl (C=O) groups excluding carboxylic acids is 2. The van der Waals surface area contributed by atoms with Gasteiger partial charge in [-0.25, -0.2) is 10.9 Å². The Morgan fingerprint density at radius 3 is 2.43 bits per heavy atom. The summed E-state index contributed by atoms with van der Waals surface area (Å²) in [6.45, 7) is 0. The number of methoxy groups -OCH3 is 1. The van der Waals surface area contributed by atoms with Crippen LogP contribution < -0.4 is 15.6 Å². The van der Waals surface area contributed by atoms with Gasteiger partial charge < -0.3 is 4.74 Å². The van der Waals surface area contributed by atoms with Gasteiger partial charge in [-0.15, -0.1) is 0 Å². The van der Waals surface area contributed by atoms with Crippen molar-refractivity contribution in [2.45, 2.75) is 0 Å². The first-order chi connectivity index (χ1) is 11.2. The van der Waals surface area contributed by atoms with E-state index in [-0.39, 0.29) is 0 Å². The van der Waals surface area contributed by atoms with Crippen molar-refractivity contribution in [3.05, 3.63) is 65.2 Å². The highest BCUT2D eigenvalue weighted by molar-refractivity contribution is 5.97. The average molecular weight is 313 g/mol. The van der Waals surface area contributed by atoms with Gasteiger partial charge in [0.25, 0.3) is 11.8 Å². The first kappa shape index (κ1) is 16.2. The van der Waals surface area contributed by atoms with E-state index in [4.69, 9.17) is 9.94 Å². The molecule has 0 radical (unpaired) electrons. The van der Waals surface area contributed by atoms with Crippen LogP contribution in [0.15, 0.2) is 53.6 Å². The van der Waals surface area contributed by atoms with Gasteiger partial charge in [0.2, 0.25) is 0 Å². The van der Waals surface area contributed by atoms with Crippen molar-refractivity contribution < 1.29 is 19.5 Å². The molecule has 2 aromatic carbocycles. The van der Waals surface area contributed by atoms with Crippen LogP contribution in [0.1, 0.15) is 26.3 Å². The Balaban J connectivity index is 2.01. The molecule has 0 aliphatic carbocycles. The minimum Gasteiger partial charge on any atom is -0.496 e. The van der Waals surface area contributed by atoms with E-state index in [0.29, 0.717) is 22.4 Å². The first-order valence-electron chi connectivity index (χ1n) is 6.66. The number of hydrazone groups is 1. The van der Waals surface area contributed by atoms with Crippen molar-refractivity contribution >= 4 is 18.0 Å². The molecular formula is C16H15N3O4. The number of nitrogens with one attached hydrogen (secondary N) is 2. The number of rotatable bonds is 5. The van der Waals surface area contributed by atoms with Gasteiger partial charge in [-0.05, 0) is 29.8 Å². The molecule has 0 aliphatic rings. The molecule has 0 saturated carbocycles. The number of hydrogen-bond acceptors (Lipinski definition) is 5. The zero-order chi connectivity index (χ0) is 16.7. The molecule has 2 amide bonds. The van der Waals surface area contributed by atoms with E-state index in [9.17, 15) is 9.59 Å². The fourth-order valence-corrected chi connectivity index (χ4v) is 1.84. The van der Waals surface area contributed by atoms with Crippen LogP contribution in [0.25, 0.3) is 0 Å². The van der Waals surface area contributed by atoms with Gasteiger partial charge >= 0.3 is 0 Å². The molecule has 2 aromatic rings. The Morgan fingerprint density at radius 1 is 1.09 bits per heavy atom. The number of hydroxylamine groups is 1. The molecule has 0 saturated heterocycles. The Morgan fingerprint density at radius 2 is 1.78 bits per heavy atom. The van der Waals surface area contributed by atoms with Gasteiger partial charge in [0.1, 0.15) is 5.75 Å². The third-order valence-corrected chi connectivity index (χ3v) is 3.01. The summed E-state index contributed by atoms with van der Waals surface area (Å²) >= 11 is 0. The average Bonchev–Trinajstić information content (AvgIpc) is 2.61. The predicted molar refractivity (Wildman–Crippen MR) is 83.7 cm³/mol. The van der Waals surface area contributed by atoms with E-state index in [0.717, 1.165) is 0 Å². The van der Waals surface area contributed by atoms with E-state index in [1.165, 1.54) is 25.5 Å². The van der Waals surface area contributed by atoms with Crippen LogP contribution in [0.4, 0.5) is 0 Å². The normalized spacial score (nSPS) is 10.3. The van der Waals surface area contributed by atoms with Gasteiger partial charge in [0.15, 0.2) is 0 Å². The SMILES string of the molecule is COc1ccccc1C(=O)NN=Cc1ccc(C(=O)NO)cc1. The minimum absolute atomic E-state index is 0.308. The summed E-state index contributed by atoms with van der Waals surface area (Å²) in [5.41, 5.74) is 5.31. The molecule has 0 aromatic heterocycles. The number of para-hydroxylation sites is 1. The molecule has 0 bridgehead atoms. The molecule has 0 aliphatic heterocycles. The quantitative estimate of drug-likeness (QED) is 0.443. The van der Waals surface area contributed by atoms with Crippen molar-refractivity contribution in [2.75, 3.05) is 7.11 Å². The van der Waals surface area contributed by atoms with Crippen LogP contribution in [0.3, 0.4) is 0 Å². The predicted octanol–water partition coefficient (Wildman–Crippen LogP) is 1.58. The fraction of sp³-hybridized carbons (Fsp3) is 0.0625. The van der Waals surface area contributed by atoms with Crippen LogP contribution in [-0.4, -0.2) is 30.3 Å². The van der Waals surface area contributed by atoms with Gasteiger partial charge in [0, 0.05) is 5.56 Å². The minimum atomic E-state index is -0.599. The number of carbonyl (C=O) groups is 2. The lowest BCUT2D eigenvalue weighted by molar-refractivity contribution is 0.0706. The van der Waals surface area contributed by atoms with E-state index in [1.807, 2.05) is 0 Å². The monoisotopic (exact) mass is 313 g/mol. The highest BCUT2D eigenvalue weighted by Crippen LogP contribution is 2.16. The van der Waals surface area contributed by atoms with Crippen molar-refractivity contribution in [1.29, 1.82) is 0 Å². The van der Waals surface area contributed by atoms with Crippen LogP contribution in [0.2, 0.25) is 0 Å². The zero-order valence-corrected chi connectivity index (χ0v) is 12.3.